The minimum absolute atomic E-state index is 0.0433. The van der Waals surface area contributed by atoms with Crippen molar-refractivity contribution in [1.82, 2.24) is 10.1 Å². The SMILES string of the molecule is Cc1cc(CN(C)C(C)C(=O)Nc2ccccc2Cc2ccccc2)no1. The average Bonchev–Trinajstić information content (AvgIpc) is 3.08. The molecular formula is C22H25N3O2. The summed E-state index contributed by atoms with van der Waals surface area (Å²) in [4.78, 5) is 14.7. The summed E-state index contributed by atoms with van der Waals surface area (Å²) in [6, 6.07) is 19.8. The van der Waals surface area contributed by atoms with Crippen LogP contribution in [0.25, 0.3) is 0 Å². The van der Waals surface area contributed by atoms with Crippen molar-refractivity contribution in [3.63, 3.8) is 0 Å². The van der Waals surface area contributed by atoms with E-state index in [1.165, 1.54) is 5.56 Å². The molecule has 0 aliphatic carbocycles. The molecule has 1 heterocycles. The Kier molecular flexibility index (Phi) is 6.04. The van der Waals surface area contributed by atoms with Crippen LogP contribution >= 0.6 is 0 Å². The Bertz CT molecular complexity index is 889. The second-order valence-corrected chi connectivity index (χ2v) is 6.83. The van der Waals surface area contributed by atoms with E-state index in [0.29, 0.717) is 6.54 Å². The normalized spacial score (nSPS) is 12.1. The van der Waals surface area contributed by atoms with Gasteiger partial charge in [0.25, 0.3) is 0 Å². The monoisotopic (exact) mass is 363 g/mol. The maximum Gasteiger partial charge on any atom is 0.241 e. The molecule has 5 nitrogen and oxygen atoms in total. The number of aromatic nitrogens is 1. The van der Waals surface area contributed by atoms with Crippen LogP contribution in [0.2, 0.25) is 0 Å². The molecule has 1 unspecified atom stereocenters. The fourth-order valence-electron chi connectivity index (χ4n) is 2.93. The number of hydrogen-bond acceptors (Lipinski definition) is 4. The van der Waals surface area contributed by atoms with Crippen LogP contribution in [-0.2, 0) is 17.8 Å². The molecule has 0 aliphatic rings. The van der Waals surface area contributed by atoms with Crippen LogP contribution in [-0.4, -0.2) is 29.1 Å². The number of hydrogen-bond donors (Lipinski definition) is 1. The minimum Gasteiger partial charge on any atom is -0.361 e. The Morgan fingerprint density at radius 3 is 2.56 bits per heavy atom. The van der Waals surface area contributed by atoms with Crippen molar-refractivity contribution < 1.29 is 9.32 Å². The highest BCUT2D eigenvalue weighted by molar-refractivity contribution is 5.95. The van der Waals surface area contributed by atoms with Gasteiger partial charge in [0.05, 0.1) is 11.7 Å². The van der Waals surface area contributed by atoms with Crippen molar-refractivity contribution in [2.75, 3.05) is 12.4 Å². The van der Waals surface area contributed by atoms with Crippen LogP contribution in [0, 0.1) is 6.92 Å². The van der Waals surface area contributed by atoms with Crippen molar-refractivity contribution in [2.24, 2.45) is 0 Å². The lowest BCUT2D eigenvalue weighted by Gasteiger charge is -2.23. The van der Waals surface area contributed by atoms with Gasteiger partial charge in [0.1, 0.15) is 5.76 Å². The summed E-state index contributed by atoms with van der Waals surface area (Å²) >= 11 is 0. The molecule has 2 aromatic carbocycles. The van der Waals surface area contributed by atoms with Crippen molar-refractivity contribution >= 4 is 11.6 Å². The molecule has 0 aliphatic heterocycles. The predicted octanol–water partition coefficient (Wildman–Crippen LogP) is 4.03. The number of likely N-dealkylation sites (N-methyl/N-ethyl adjacent to an activating group) is 1. The number of nitrogens with zero attached hydrogens (tertiary/aromatic N) is 2. The lowest BCUT2D eigenvalue weighted by atomic mass is 10.0. The summed E-state index contributed by atoms with van der Waals surface area (Å²) in [7, 11) is 1.91. The number of anilines is 1. The van der Waals surface area contributed by atoms with E-state index < -0.39 is 0 Å². The molecule has 0 saturated heterocycles. The fraction of sp³-hybridized carbons (Fsp3) is 0.273. The fourth-order valence-corrected chi connectivity index (χ4v) is 2.93. The van der Waals surface area contributed by atoms with Crippen molar-refractivity contribution in [2.45, 2.75) is 32.9 Å². The third kappa shape index (κ3) is 5.05. The zero-order valence-corrected chi connectivity index (χ0v) is 16.0. The van der Waals surface area contributed by atoms with Gasteiger partial charge in [-0.15, -0.1) is 0 Å². The lowest BCUT2D eigenvalue weighted by molar-refractivity contribution is -0.120. The van der Waals surface area contributed by atoms with E-state index in [-0.39, 0.29) is 11.9 Å². The summed E-state index contributed by atoms with van der Waals surface area (Å²) < 4.78 is 5.10. The van der Waals surface area contributed by atoms with Crippen LogP contribution in [0.1, 0.15) is 29.5 Å². The van der Waals surface area contributed by atoms with Crippen LogP contribution < -0.4 is 5.32 Å². The highest BCUT2D eigenvalue weighted by atomic mass is 16.5. The van der Waals surface area contributed by atoms with E-state index in [4.69, 9.17) is 4.52 Å². The van der Waals surface area contributed by atoms with Crippen molar-refractivity contribution in [3.05, 3.63) is 83.2 Å². The van der Waals surface area contributed by atoms with Gasteiger partial charge in [0.15, 0.2) is 0 Å². The van der Waals surface area contributed by atoms with E-state index in [2.05, 4.69) is 28.7 Å². The van der Waals surface area contributed by atoms with Gasteiger partial charge in [-0.3, -0.25) is 9.69 Å². The molecule has 0 fully saturated rings. The molecule has 1 aromatic heterocycles. The van der Waals surface area contributed by atoms with E-state index >= 15 is 0 Å². The Labute approximate surface area is 160 Å². The number of carbonyl (C=O) groups excluding carboxylic acids is 1. The summed E-state index contributed by atoms with van der Waals surface area (Å²) in [5, 5.41) is 7.07. The maximum atomic E-state index is 12.8. The average molecular weight is 363 g/mol. The van der Waals surface area contributed by atoms with E-state index in [9.17, 15) is 4.79 Å². The Morgan fingerprint density at radius 2 is 1.85 bits per heavy atom. The van der Waals surface area contributed by atoms with Gasteiger partial charge in [-0.2, -0.15) is 0 Å². The lowest BCUT2D eigenvalue weighted by Crippen LogP contribution is -2.39. The number of amides is 1. The second-order valence-electron chi connectivity index (χ2n) is 6.83. The molecule has 3 aromatic rings. The third-order valence-corrected chi connectivity index (χ3v) is 4.64. The van der Waals surface area contributed by atoms with Gasteiger partial charge in [0.2, 0.25) is 5.91 Å². The van der Waals surface area contributed by atoms with Gasteiger partial charge in [-0.05, 0) is 44.5 Å². The molecule has 5 heteroatoms. The number of para-hydroxylation sites is 1. The first-order valence-electron chi connectivity index (χ1n) is 9.08. The molecule has 0 radical (unpaired) electrons. The van der Waals surface area contributed by atoms with E-state index in [0.717, 1.165) is 29.1 Å². The second kappa shape index (κ2) is 8.64. The molecule has 1 amide bonds. The zero-order chi connectivity index (χ0) is 19.2. The molecule has 1 atom stereocenters. The molecule has 3 rings (SSSR count). The molecular weight excluding hydrogens is 338 g/mol. The largest absolute Gasteiger partial charge is 0.361 e. The van der Waals surface area contributed by atoms with Crippen molar-refractivity contribution in [1.29, 1.82) is 0 Å². The quantitative estimate of drug-likeness (QED) is 0.688. The van der Waals surface area contributed by atoms with Gasteiger partial charge in [-0.1, -0.05) is 53.7 Å². The van der Waals surface area contributed by atoms with Crippen LogP contribution in [0.4, 0.5) is 5.69 Å². The van der Waals surface area contributed by atoms with Gasteiger partial charge >= 0.3 is 0 Å². The number of nitrogens with one attached hydrogen (secondary N) is 1. The smallest absolute Gasteiger partial charge is 0.241 e. The van der Waals surface area contributed by atoms with Gasteiger partial charge in [0, 0.05) is 18.3 Å². The number of rotatable bonds is 7. The van der Waals surface area contributed by atoms with Crippen LogP contribution in [0.15, 0.2) is 65.2 Å². The molecule has 1 N–H and O–H groups in total. The number of aryl methyl sites for hydroxylation is 1. The maximum absolute atomic E-state index is 12.8. The Hall–Kier alpha value is -2.92. The highest BCUT2D eigenvalue weighted by Crippen LogP contribution is 2.20. The third-order valence-electron chi connectivity index (χ3n) is 4.64. The van der Waals surface area contributed by atoms with Crippen LogP contribution in [0.5, 0.6) is 0 Å². The van der Waals surface area contributed by atoms with Gasteiger partial charge in [-0.25, -0.2) is 0 Å². The summed E-state index contributed by atoms with van der Waals surface area (Å²) in [5.74, 6) is 0.726. The number of carbonyl (C=O) groups is 1. The molecule has 0 saturated carbocycles. The zero-order valence-electron chi connectivity index (χ0n) is 16.0. The van der Waals surface area contributed by atoms with E-state index in [1.54, 1.807) is 0 Å². The summed E-state index contributed by atoms with van der Waals surface area (Å²) in [6.07, 6.45) is 0.778. The van der Waals surface area contributed by atoms with Crippen molar-refractivity contribution in [3.8, 4) is 0 Å². The van der Waals surface area contributed by atoms with E-state index in [1.807, 2.05) is 68.3 Å². The van der Waals surface area contributed by atoms with Gasteiger partial charge < -0.3 is 9.84 Å². The summed E-state index contributed by atoms with van der Waals surface area (Å²) in [5.41, 5.74) is 3.98. The molecule has 0 spiro atoms. The standard InChI is InChI=1S/C22H25N3O2/c1-16-13-20(24-27-16)15-25(3)17(2)22(26)23-21-12-8-7-11-19(21)14-18-9-5-4-6-10-18/h4-13,17H,14-15H2,1-3H3,(H,23,26). The molecule has 27 heavy (non-hydrogen) atoms. The minimum atomic E-state index is -0.299. The highest BCUT2D eigenvalue weighted by Gasteiger charge is 2.20. The number of benzene rings is 2. The predicted molar refractivity (Wildman–Crippen MR) is 106 cm³/mol. The molecule has 0 bridgehead atoms. The Morgan fingerprint density at radius 1 is 1.15 bits per heavy atom. The molecule has 140 valence electrons. The first kappa shape index (κ1) is 18.9. The topological polar surface area (TPSA) is 58.4 Å². The first-order valence-corrected chi connectivity index (χ1v) is 9.08. The Balaban J connectivity index is 1.66. The first-order chi connectivity index (χ1) is 13.0. The summed E-state index contributed by atoms with van der Waals surface area (Å²) in [6.45, 7) is 4.30. The van der Waals surface area contributed by atoms with Crippen LogP contribution in [0.3, 0.4) is 0 Å².